The van der Waals surface area contributed by atoms with Gasteiger partial charge in [0.1, 0.15) is 6.29 Å². The molecule has 0 fully saturated rings. The third-order valence-electron chi connectivity index (χ3n) is 2.17. The molecular formula is C9H18N2O2. The molecule has 0 aromatic rings. The average molecular weight is 186 g/mol. The third kappa shape index (κ3) is 4.62. The number of hydrogen-bond acceptors (Lipinski definition) is 3. The molecule has 76 valence electrons. The minimum absolute atomic E-state index is 0.0173. The molecule has 1 amide bonds. The Hall–Kier alpha value is -0.900. The molecule has 0 saturated carbocycles. The van der Waals surface area contributed by atoms with Crippen LogP contribution in [0.5, 0.6) is 0 Å². The van der Waals surface area contributed by atoms with Gasteiger partial charge in [0.05, 0.1) is 6.04 Å². The summed E-state index contributed by atoms with van der Waals surface area (Å²) in [7, 11) is 3.48. The van der Waals surface area contributed by atoms with Gasteiger partial charge in [-0.05, 0) is 20.0 Å². The van der Waals surface area contributed by atoms with Gasteiger partial charge in [0.2, 0.25) is 5.91 Å². The molecule has 1 atom stereocenters. The number of rotatable bonds is 6. The molecule has 4 heteroatoms. The van der Waals surface area contributed by atoms with Crippen molar-refractivity contribution in [3.05, 3.63) is 0 Å². The van der Waals surface area contributed by atoms with Crippen molar-refractivity contribution in [3.63, 3.8) is 0 Å². The molecule has 1 unspecified atom stereocenters. The zero-order valence-corrected chi connectivity index (χ0v) is 8.54. The molecule has 0 aliphatic heterocycles. The predicted octanol–water partition coefficient (Wildman–Crippen LogP) is 0.0318. The van der Waals surface area contributed by atoms with E-state index in [-0.39, 0.29) is 11.9 Å². The Morgan fingerprint density at radius 1 is 1.62 bits per heavy atom. The van der Waals surface area contributed by atoms with Crippen molar-refractivity contribution >= 4 is 12.2 Å². The van der Waals surface area contributed by atoms with E-state index in [0.717, 1.165) is 12.8 Å². The van der Waals surface area contributed by atoms with Crippen LogP contribution in [0.4, 0.5) is 0 Å². The van der Waals surface area contributed by atoms with Crippen molar-refractivity contribution in [1.82, 2.24) is 10.2 Å². The van der Waals surface area contributed by atoms with Gasteiger partial charge in [0, 0.05) is 13.5 Å². The van der Waals surface area contributed by atoms with Gasteiger partial charge in [-0.3, -0.25) is 9.69 Å². The lowest BCUT2D eigenvalue weighted by molar-refractivity contribution is -0.121. The van der Waals surface area contributed by atoms with Crippen LogP contribution in [-0.2, 0) is 9.59 Å². The standard InChI is InChI=1S/C9H18N2O2/c1-4-11(3)8(7-12)5-6-9(13)10-2/h7-8H,4-6H2,1-3H3,(H,10,13). The number of likely N-dealkylation sites (N-methyl/N-ethyl adjacent to an activating group) is 1. The summed E-state index contributed by atoms with van der Waals surface area (Å²) in [6.45, 7) is 2.80. The summed E-state index contributed by atoms with van der Waals surface area (Å²) in [5.41, 5.74) is 0. The van der Waals surface area contributed by atoms with E-state index >= 15 is 0 Å². The first kappa shape index (κ1) is 12.1. The maximum atomic E-state index is 10.9. The smallest absolute Gasteiger partial charge is 0.219 e. The monoisotopic (exact) mass is 186 g/mol. The second kappa shape index (κ2) is 6.60. The van der Waals surface area contributed by atoms with Gasteiger partial charge in [-0.25, -0.2) is 0 Å². The van der Waals surface area contributed by atoms with E-state index < -0.39 is 0 Å². The fourth-order valence-electron chi connectivity index (χ4n) is 1.03. The van der Waals surface area contributed by atoms with Crippen molar-refractivity contribution < 1.29 is 9.59 Å². The van der Waals surface area contributed by atoms with Crippen molar-refractivity contribution in [1.29, 1.82) is 0 Å². The highest BCUT2D eigenvalue weighted by atomic mass is 16.1. The number of aldehydes is 1. The molecule has 1 N–H and O–H groups in total. The van der Waals surface area contributed by atoms with E-state index in [1.54, 1.807) is 7.05 Å². The Morgan fingerprint density at radius 3 is 2.62 bits per heavy atom. The topological polar surface area (TPSA) is 49.4 Å². The highest BCUT2D eigenvalue weighted by molar-refractivity contribution is 5.76. The molecule has 0 bridgehead atoms. The van der Waals surface area contributed by atoms with Crippen LogP contribution in [0.1, 0.15) is 19.8 Å². The van der Waals surface area contributed by atoms with Crippen LogP contribution in [0.3, 0.4) is 0 Å². The molecule has 13 heavy (non-hydrogen) atoms. The highest BCUT2D eigenvalue weighted by Crippen LogP contribution is 2.01. The van der Waals surface area contributed by atoms with Crippen LogP contribution in [0.2, 0.25) is 0 Å². The fraction of sp³-hybridized carbons (Fsp3) is 0.778. The van der Waals surface area contributed by atoms with Gasteiger partial charge < -0.3 is 10.1 Å². The van der Waals surface area contributed by atoms with E-state index in [1.165, 1.54) is 0 Å². The Bertz CT molecular complexity index is 171. The van der Waals surface area contributed by atoms with Gasteiger partial charge in [-0.15, -0.1) is 0 Å². The van der Waals surface area contributed by atoms with Gasteiger partial charge in [-0.1, -0.05) is 6.92 Å². The van der Waals surface area contributed by atoms with Gasteiger partial charge in [0.25, 0.3) is 0 Å². The molecule has 0 heterocycles. The van der Waals surface area contributed by atoms with Crippen molar-refractivity contribution in [2.24, 2.45) is 0 Å². The molecule has 0 saturated heterocycles. The van der Waals surface area contributed by atoms with Crippen LogP contribution >= 0.6 is 0 Å². The molecular weight excluding hydrogens is 168 g/mol. The van der Waals surface area contributed by atoms with E-state index in [1.807, 2.05) is 18.9 Å². The lowest BCUT2D eigenvalue weighted by Crippen LogP contribution is -2.34. The first-order chi connectivity index (χ1) is 6.15. The van der Waals surface area contributed by atoms with Crippen molar-refractivity contribution in [3.8, 4) is 0 Å². The van der Waals surface area contributed by atoms with E-state index in [0.29, 0.717) is 12.8 Å². The summed E-state index contributed by atoms with van der Waals surface area (Å²) in [4.78, 5) is 23.5. The van der Waals surface area contributed by atoms with Gasteiger partial charge >= 0.3 is 0 Å². The second-order valence-electron chi connectivity index (χ2n) is 2.99. The molecule has 0 aromatic carbocycles. The number of nitrogens with zero attached hydrogens (tertiary/aromatic N) is 1. The van der Waals surface area contributed by atoms with Crippen molar-refractivity contribution in [2.75, 3.05) is 20.6 Å². The zero-order valence-electron chi connectivity index (χ0n) is 8.54. The summed E-state index contributed by atoms with van der Waals surface area (Å²) in [5.74, 6) is -0.0173. The average Bonchev–Trinajstić information content (AvgIpc) is 2.17. The minimum atomic E-state index is -0.137. The SMILES string of the molecule is CCN(C)C(C=O)CCC(=O)NC. The van der Waals surface area contributed by atoms with Crippen LogP contribution in [0.15, 0.2) is 0 Å². The molecule has 0 aliphatic rings. The molecule has 0 radical (unpaired) electrons. The van der Waals surface area contributed by atoms with Gasteiger partial charge in [-0.2, -0.15) is 0 Å². The summed E-state index contributed by atoms with van der Waals surface area (Å²) >= 11 is 0. The molecule has 4 nitrogen and oxygen atoms in total. The molecule has 0 aliphatic carbocycles. The summed E-state index contributed by atoms with van der Waals surface area (Å²) in [6, 6.07) is -0.137. The lowest BCUT2D eigenvalue weighted by atomic mass is 10.1. The van der Waals surface area contributed by atoms with E-state index in [4.69, 9.17) is 0 Å². The minimum Gasteiger partial charge on any atom is -0.359 e. The first-order valence-corrected chi connectivity index (χ1v) is 4.51. The Morgan fingerprint density at radius 2 is 2.23 bits per heavy atom. The zero-order chi connectivity index (χ0) is 10.3. The summed E-state index contributed by atoms with van der Waals surface area (Å²) in [6.07, 6.45) is 1.89. The normalized spacial score (nSPS) is 12.6. The first-order valence-electron chi connectivity index (χ1n) is 4.51. The van der Waals surface area contributed by atoms with Crippen molar-refractivity contribution in [2.45, 2.75) is 25.8 Å². The lowest BCUT2D eigenvalue weighted by Gasteiger charge is -2.20. The number of amides is 1. The maximum absolute atomic E-state index is 10.9. The summed E-state index contributed by atoms with van der Waals surface area (Å²) in [5, 5.41) is 2.53. The number of nitrogens with one attached hydrogen (secondary N) is 1. The van der Waals surface area contributed by atoms with Crippen LogP contribution in [0, 0.1) is 0 Å². The Labute approximate surface area is 79.3 Å². The Balaban J connectivity index is 3.84. The Kier molecular flexibility index (Phi) is 6.14. The van der Waals surface area contributed by atoms with E-state index in [2.05, 4.69) is 5.32 Å². The number of carbonyl (C=O) groups excluding carboxylic acids is 2. The summed E-state index contributed by atoms with van der Waals surface area (Å²) < 4.78 is 0. The molecule has 0 spiro atoms. The largest absolute Gasteiger partial charge is 0.359 e. The van der Waals surface area contributed by atoms with E-state index in [9.17, 15) is 9.59 Å². The quantitative estimate of drug-likeness (QED) is 0.595. The second-order valence-corrected chi connectivity index (χ2v) is 2.99. The fourth-order valence-corrected chi connectivity index (χ4v) is 1.03. The van der Waals surface area contributed by atoms with Crippen LogP contribution in [-0.4, -0.2) is 43.8 Å². The third-order valence-corrected chi connectivity index (χ3v) is 2.17. The van der Waals surface area contributed by atoms with Crippen LogP contribution in [0.25, 0.3) is 0 Å². The predicted molar refractivity (Wildman–Crippen MR) is 51.5 cm³/mol. The maximum Gasteiger partial charge on any atom is 0.219 e. The molecule has 0 rings (SSSR count). The molecule has 0 aromatic heterocycles. The highest BCUT2D eigenvalue weighted by Gasteiger charge is 2.12. The van der Waals surface area contributed by atoms with Gasteiger partial charge in [0.15, 0.2) is 0 Å². The number of carbonyl (C=O) groups is 2. The number of hydrogen-bond donors (Lipinski definition) is 1. The van der Waals surface area contributed by atoms with Crippen LogP contribution < -0.4 is 5.32 Å².